The van der Waals surface area contributed by atoms with Crippen LogP contribution in [0.5, 0.6) is 0 Å². The highest BCUT2D eigenvalue weighted by Crippen LogP contribution is 2.20. The monoisotopic (exact) mass is 240 g/mol. The van der Waals surface area contributed by atoms with Gasteiger partial charge in [0.1, 0.15) is 0 Å². The Morgan fingerprint density at radius 2 is 1.82 bits per heavy atom. The zero-order valence-corrected chi connectivity index (χ0v) is 12.5. The number of likely N-dealkylation sites (tertiary alicyclic amines) is 1. The lowest BCUT2D eigenvalue weighted by Gasteiger charge is -2.39. The lowest BCUT2D eigenvalue weighted by Crippen LogP contribution is -2.50. The van der Waals surface area contributed by atoms with E-state index in [1.165, 1.54) is 32.5 Å². The van der Waals surface area contributed by atoms with Gasteiger partial charge >= 0.3 is 0 Å². The molecule has 2 unspecified atom stereocenters. The molecule has 0 bridgehead atoms. The third-order valence-corrected chi connectivity index (χ3v) is 3.63. The Bertz CT molecular complexity index is 201. The van der Waals surface area contributed by atoms with Gasteiger partial charge in [-0.3, -0.25) is 0 Å². The van der Waals surface area contributed by atoms with Crippen LogP contribution in [0.25, 0.3) is 0 Å². The SMILES string of the molecule is CCC1CC(NCC(C)C)CN(CC(C)C)C1. The van der Waals surface area contributed by atoms with Crippen molar-refractivity contribution in [2.45, 2.75) is 53.5 Å². The van der Waals surface area contributed by atoms with Crippen molar-refractivity contribution in [3.05, 3.63) is 0 Å². The van der Waals surface area contributed by atoms with Crippen LogP contribution in [0.2, 0.25) is 0 Å². The topological polar surface area (TPSA) is 15.3 Å². The number of hydrogen-bond donors (Lipinski definition) is 1. The highest BCUT2D eigenvalue weighted by atomic mass is 15.2. The average Bonchev–Trinajstić information content (AvgIpc) is 2.25. The Labute approximate surface area is 108 Å². The van der Waals surface area contributed by atoms with Crippen molar-refractivity contribution in [1.82, 2.24) is 10.2 Å². The van der Waals surface area contributed by atoms with E-state index in [-0.39, 0.29) is 0 Å². The maximum atomic E-state index is 3.75. The van der Waals surface area contributed by atoms with Crippen molar-refractivity contribution < 1.29 is 0 Å². The van der Waals surface area contributed by atoms with Gasteiger partial charge in [0.15, 0.2) is 0 Å². The highest BCUT2D eigenvalue weighted by molar-refractivity contribution is 4.83. The van der Waals surface area contributed by atoms with Crippen LogP contribution < -0.4 is 5.32 Å². The predicted octanol–water partition coefficient (Wildman–Crippen LogP) is 2.99. The van der Waals surface area contributed by atoms with Crippen molar-refractivity contribution in [2.75, 3.05) is 26.2 Å². The molecule has 1 fully saturated rings. The van der Waals surface area contributed by atoms with E-state index < -0.39 is 0 Å². The van der Waals surface area contributed by atoms with Crippen LogP contribution >= 0.6 is 0 Å². The third-order valence-electron chi connectivity index (χ3n) is 3.63. The van der Waals surface area contributed by atoms with Gasteiger partial charge in [-0.05, 0) is 30.7 Å². The molecule has 1 heterocycles. The van der Waals surface area contributed by atoms with Gasteiger partial charge in [-0.2, -0.15) is 0 Å². The van der Waals surface area contributed by atoms with E-state index in [2.05, 4.69) is 44.8 Å². The molecule has 2 nitrogen and oxygen atoms in total. The second-order valence-corrected chi connectivity index (χ2v) is 6.62. The number of piperidine rings is 1. The summed E-state index contributed by atoms with van der Waals surface area (Å²) >= 11 is 0. The predicted molar refractivity (Wildman–Crippen MR) is 76.3 cm³/mol. The minimum Gasteiger partial charge on any atom is -0.312 e. The summed E-state index contributed by atoms with van der Waals surface area (Å²) in [7, 11) is 0. The summed E-state index contributed by atoms with van der Waals surface area (Å²) in [6, 6.07) is 0.717. The molecule has 0 aromatic carbocycles. The van der Waals surface area contributed by atoms with Gasteiger partial charge in [-0.15, -0.1) is 0 Å². The van der Waals surface area contributed by atoms with Crippen LogP contribution in [-0.2, 0) is 0 Å². The third kappa shape index (κ3) is 5.87. The summed E-state index contributed by atoms with van der Waals surface area (Å²) in [4.78, 5) is 2.67. The average molecular weight is 240 g/mol. The maximum Gasteiger partial charge on any atom is 0.0198 e. The van der Waals surface area contributed by atoms with E-state index in [1.54, 1.807) is 0 Å². The second kappa shape index (κ2) is 7.38. The van der Waals surface area contributed by atoms with E-state index in [1.807, 2.05) is 0 Å². The fourth-order valence-corrected chi connectivity index (χ4v) is 2.81. The minimum absolute atomic E-state index is 0.717. The largest absolute Gasteiger partial charge is 0.312 e. The molecule has 0 aliphatic carbocycles. The molecule has 0 spiro atoms. The molecule has 2 heteroatoms. The zero-order valence-electron chi connectivity index (χ0n) is 12.5. The van der Waals surface area contributed by atoms with E-state index in [9.17, 15) is 0 Å². The minimum atomic E-state index is 0.717. The summed E-state index contributed by atoms with van der Waals surface area (Å²) in [5.41, 5.74) is 0. The normalized spacial score (nSPS) is 27.0. The van der Waals surface area contributed by atoms with Crippen LogP contribution in [0.1, 0.15) is 47.5 Å². The molecule has 0 radical (unpaired) electrons. The Morgan fingerprint density at radius 1 is 1.12 bits per heavy atom. The summed E-state index contributed by atoms with van der Waals surface area (Å²) in [6.45, 7) is 16.6. The fourth-order valence-electron chi connectivity index (χ4n) is 2.81. The van der Waals surface area contributed by atoms with Crippen LogP contribution in [0.4, 0.5) is 0 Å². The molecular formula is C15H32N2. The number of hydrogen-bond acceptors (Lipinski definition) is 2. The molecule has 0 aromatic rings. The number of nitrogens with zero attached hydrogens (tertiary/aromatic N) is 1. The van der Waals surface area contributed by atoms with Crippen molar-refractivity contribution >= 4 is 0 Å². The quantitative estimate of drug-likeness (QED) is 0.768. The van der Waals surface area contributed by atoms with Crippen LogP contribution in [0.3, 0.4) is 0 Å². The van der Waals surface area contributed by atoms with Crippen molar-refractivity contribution in [2.24, 2.45) is 17.8 Å². The highest BCUT2D eigenvalue weighted by Gasteiger charge is 2.26. The van der Waals surface area contributed by atoms with E-state index in [0.29, 0.717) is 0 Å². The molecule has 1 rings (SSSR count). The van der Waals surface area contributed by atoms with E-state index in [0.717, 1.165) is 30.3 Å². The molecule has 0 amide bonds. The fraction of sp³-hybridized carbons (Fsp3) is 1.00. The standard InChI is InChI=1S/C15H32N2/c1-6-14-7-15(16-8-12(2)3)11-17(10-14)9-13(4)5/h12-16H,6-11H2,1-5H3. The summed E-state index contributed by atoms with van der Waals surface area (Å²) < 4.78 is 0. The molecule has 102 valence electrons. The Kier molecular flexibility index (Phi) is 6.50. The first-order valence-corrected chi connectivity index (χ1v) is 7.47. The number of nitrogens with one attached hydrogen (secondary N) is 1. The second-order valence-electron chi connectivity index (χ2n) is 6.62. The summed E-state index contributed by atoms with van der Waals surface area (Å²) in [5.74, 6) is 2.44. The Balaban J connectivity index is 2.42. The molecule has 17 heavy (non-hydrogen) atoms. The summed E-state index contributed by atoms with van der Waals surface area (Å²) in [5, 5.41) is 3.75. The molecule has 2 atom stereocenters. The van der Waals surface area contributed by atoms with Gasteiger partial charge in [-0.1, -0.05) is 41.0 Å². The zero-order chi connectivity index (χ0) is 12.8. The van der Waals surface area contributed by atoms with Crippen molar-refractivity contribution in [3.63, 3.8) is 0 Å². The molecular weight excluding hydrogens is 208 g/mol. The van der Waals surface area contributed by atoms with E-state index >= 15 is 0 Å². The van der Waals surface area contributed by atoms with Gasteiger partial charge in [0, 0.05) is 25.7 Å². The summed E-state index contributed by atoms with van der Waals surface area (Å²) in [6.07, 6.45) is 2.70. The molecule has 1 N–H and O–H groups in total. The lowest BCUT2D eigenvalue weighted by atomic mass is 9.91. The molecule has 0 aromatic heterocycles. The van der Waals surface area contributed by atoms with E-state index in [4.69, 9.17) is 0 Å². The molecule has 0 saturated carbocycles. The van der Waals surface area contributed by atoms with Gasteiger partial charge < -0.3 is 10.2 Å². The lowest BCUT2D eigenvalue weighted by molar-refractivity contribution is 0.124. The number of rotatable bonds is 6. The first-order valence-electron chi connectivity index (χ1n) is 7.47. The Hall–Kier alpha value is -0.0800. The van der Waals surface area contributed by atoms with Crippen LogP contribution in [-0.4, -0.2) is 37.1 Å². The van der Waals surface area contributed by atoms with Gasteiger partial charge in [0.25, 0.3) is 0 Å². The van der Waals surface area contributed by atoms with Gasteiger partial charge in [-0.25, -0.2) is 0 Å². The van der Waals surface area contributed by atoms with Crippen LogP contribution in [0, 0.1) is 17.8 Å². The molecule has 1 saturated heterocycles. The smallest absolute Gasteiger partial charge is 0.0198 e. The van der Waals surface area contributed by atoms with Crippen LogP contribution in [0.15, 0.2) is 0 Å². The van der Waals surface area contributed by atoms with Gasteiger partial charge in [0.2, 0.25) is 0 Å². The van der Waals surface area contributed by atoms with Gasteiger partial charge in [0.05, 0.1) is 0 Å². The van der Waals surface area contributed by atoms with Crippen molar-refractivity contribution in [1.29, 1.82) is 0 Å². The Morgan fingerprint density at radius 3 is 2.35 bits per heavy atom. The molecule has 1 aliphatic rings. The first kappa shape index (κ1) is 15.0. The maximum absolute atomic E-state index is 3.75. The first-order chi connectivity index (χ1) is 8.01. The molecule has 1 aliphatic heterocycles. The van der Waals surface area contributed by atoms with Crippen molar-refractivity contribution in [3.8, 4) is 0 Å².